The van der Waals surface area contributed by atoms with Crippen LogP contribution in [0.4, 0.5) is 10.3 Å². The van der Waals surface area contributed by atoms with E-state index in [0.29, 0.717) is 24.7 Å². The first-order chi connectivity index (χ1) is 12.6. The SMILES string of the molecule is COc1cc(CNn2nnnc2N)c(Br)cc1OCc1ccc(F)cc1. The Morgan fingerprint density at radius 1 is 1.23 bits per heavy atom. The summed E-state index contributed by atoms with van der Waals surface area (Å²) in [4.78, 5) is 1.28. The Morgan fingerprint density at radius 2 is 2.00 bits per heavy atom. The Hall–Kier alpha value is -2.88. The van der Waals surface area contributed by atoms with E-state index < -0.39 is 0 Å². The van der Waals surface area contributed by atoms with Gasteiger partial charge in [-0.1, -0.05) is 33.2 Å². The first kappa shape index (κ1) is 17.9. The fourth-order valence-electron chi connectivity index (χ4n) is 2.19. The Balaban J connectivity index is 1.71. The van der Waals surface area contributed by atoms with E-state index in [-0.39, 0.29) is 11.8 Å². The van der Waals surface area contributed by atoms with Gasteiger partial charge in [-0.2, -0.15) is 0 Å². The molecular formula is C16H16BrFN6O2. The molecule has 0 amide bonds. The second kappa shape index (κ2) is 8.00. The third-order valence-corrected chi connectivity index (χ3v) is 4.29. The van der Waals surface area contributed by atoms with Crippen LogP contribution in [0.1, 0.15) is 11.1 Å². The highest BCUT2D eigenvalue weighted by atomic mass is 79.9. The number of nitrogens with two attached hydrogens (primary N) is 1. The summed E-state index contributed by atoms with van der Waals surface area (Å²) in [6.07, 6.45) is 0. The molecule has 0 fully saturated rings. The lowest BCUT2D eigenvalue weighted by Gasteiger charge is -2.15. The number of hydrogen-bond donors (Lipinski definition) is 2. The van der Waals surface area contributed by atoms with Crippen LogP contribution in [0.5, 0.6) is 11.5 Å². The minimum absolute atomic E-state index is 0.160. The number of ether oxygens (including phenoxy) is 2. The standard InChI is InChI=1S/C16H16BrFN6O2/c1-25-14-6-11(8-20-24-16(19)21-22-23-24)13(17)7-15(14)26-9-10-2-4-12(18)5-3-10/h2-7,20H,8-9H2,1H3,(H2,19,21,23). The molecule has 0 unspecified atom stereocenters. The van der Waals surface area contributed by atoms with Crippen LogP contribution in [0.15, 0.2) is 40.9 Å². The van der Waals surface area contributed by atoms with Crippen LogP contribution in [-0.2, 0) is 13.2 Å². The zero-order valence-corrected chi connectivity index (χ0v) is 15.4. The fraction of sp³-hybridized carbons (Fsp3) is 0.188. The highest BCUT2D eigenvalue weighted by molar-refractivity contribution is 9.10. The number of rotatable bonds is 7. The van der Waals surface area contributed by atoms with E-state index in [2.05, 4.69) is 36.9 Å². The van der Waals surface area contributed by atoms with Gasteiger partial charge in [-0.25, -0.2) is 4.39 Å². The summed E-state index contributed by atoms with van der Waals surface area (Å²) in [5, 5.41) is 10.8. The molecule has 0 aliphatic rings. The lowest BCUT2D eigenvalue weighted by Crippen LogP contribution is -2.18. The molecule has 10 heteroatoms. The van der Waals surface area contributed by atoms with Crippen LogP contribution in [0.25, 0.3) is 0 Å². The van der Waals surface area contributed by atoms with E-state index in [4.69, 9.17) is 15.2 Å². The molecule has 136 valence electrons. The molecule has 2 aromatic carbocycles. The van der Waals surface area contributed by atoms with Gasteiger partial charge in [-0.3, -0.25) is 0 Å². The van der Waals surface area contributed by atoms with Gasteiger partial charge >= 0.3 is 0 Å². The number of hydrogen-bond acceptors (Lipinski definition) is 7. The van der Waals surface area contributed by atoms with E-state index in [0.717, 1.165) is 15.6 Å². The highest BCUT2D eigenvalue weighted by Crippen LogP contribution is 2.34. The fourth-order valence-corrected chi connectivity index (χ4v) is 2.66. The summed E-state index contributed by atoms with van der Waals surface area (Å²) < 4.78 is 25.0. The number of methoxy groups -OCH3 is 1. The third-order valence-electron chi connectivity index (χ3n) is 3.55. The summed E-state index contributed by atoms with van der Waals surface area (Å²) in [5.41, 5.74) is 10.3. The topological polar surface area (TPSA) is 100 Å². The predicted molar refractivity (Wildman–Crippen MR) is 96.7 cm³/mol. The molecular weight excluding hydrogens is 407 g/mol. The van der Waals surface area contributed by atoms with Crippen LogP contribution >= 0.6 is 15.9 Å². The van der Waals surface area contributed by atoms with Crippen molar-refractivity contribution in [1.29, 1.82) is 0 Å². The molecule has 8 nitrogen and oxygen atoms in total. The van der Waals surface area contributed by atoms with Crippen molar-refractivity contribution in [2.75, 3.05) is 18.3 Å². The van der Waals surface area contributed by atoms with E-state index in [9.17, 15) is 4.39 Å². The van der Waals surface area contributed by atoms with Gasteiger partial charge in [0.15, 0.2) is 11.5 Å². The van der Waals surface area contributed by atoms with Crippen molar-refractivity contribution in [3.8, 4) is 11.5 Å². The Bertz CT molecular complexity index is 887. The zero-order valence-electron chi connectivity index (χ0n) is 13.8. The first-order valence-corrected chi connectivity index (χ1v) is 8.37. The third kappa shape index (κ3) is 4.20. The molecule has 0 bridgehead atoms. The van der Waals surface area contributed by atoms with Crippen molar-refractivity contribution < 1.29 is 13.9 Å². The van der Waals surface area contributed by atoms with Crippen LogP contribution in [0.2, 0.25) is 0 Å². The quantitative estimate of drug-likeness (QED) is 0.602. The van der Waals surface area contributed by atoms with Gasteiger partial charge in [0.05, 0.1) is 13.7 Å². The number of benzene rings is 2. The normalized spacial score (nSPS) is 10.6. The van der Waals surface area contributed by atoms with Crippen molar-refractivity contribution in [3.63, 3.8) is 0 Å². The number of anilines is 1. The molecule has 0 radical (unpaired) electrons. The van der Waals surface area contributed by atoms with Gasteiger partial charge in [0.25, 0.3) is 5.95 Å². The lowest BCUT2D eigenvalue weighted by molar-refractivity contribution is 0.284. The van der Waals surface area contributed by atoms with Crippen molar-refractivity contribution in [2.24, 2.45) is 0 Å². The number of nitrogen functional groups attached to an aromatic ring is 1. The van der Waals surface area contributed by atoms with E-state index in [1.165, 1.54) is 16.9 Å². The van der Waals surface area contributed by atoms with Crippen LogP contribution < -0.4 is 20.6 Å². The van der Waals surface area contributed by atoms with Crippen molar-refractivity contribution in [3.05, 3.63) is 57.8 Å². The van der Waals surface area contributed by atoms with Crippen LogP contribution in [0.3, 0.4) is 0 Å². The summed E-state index contributed by atoms with van der Waals surface area (Å²) in [6.45, 7) is 0.701. The van der Waals surface area contributed by atoms with Gasteiger partial charge in [0.1, 0.15) is 12.4 Å². The van der Waals surface area contributed by atoms with Crippen LogP contribution in [0, 0.1) is 5.82 Å². The molecule has 0 saturated carbocycles. The molecule has 1 aromatic heterocycles. The molecule has 0 spiro atoms. The van der Waals surface area contributed by atoms with E-state index >= 15 is 0 Å². The van der Waals surface area contributed by atoms with Gasteiger partial charge in [-0.05, 0) is 45.8 Å². The molecule has 3 rings (SSSR count). The molecule has 3 N–H and O–H groups in total. The lowest BCUT2D eigenvalue weighted by atomic mass is 10.2. The van der Waals surface area contributed by atoms with Crippen molar-refractivity contribution >= 4 is 21.9 Å². The van der Waals surface area contributed by atoms with Crippen molar-refractivity contribution in [2.45, 2.75) is 13.2 Å². The molecule has 1 heterocycles. The summed E-state index contributed by atoms with van der Waals surface area (Å²) >= 11 is 3.51. The van der Waals surface area contributed by atoms with Gasteiger partial charge in [-0.15, -0.1) is 4.79 Å². The number of aromatic nitrogens is 4. The molecule has 0 saturated heterocycles. The number of nitrogens with zero attached hydrogens (tertiary/aromatic N) is 4. The molecule has 3 aromatic rings. The maximum absolute atomic E-state index is 13.0. The van der Waals surface area contributed by atoms with Gasteiger partial charge in [0.2, 0.25) is 0 Å². The highest BCUT2D eigenvalue weighted by Gasteiger charge is 2.11. The van der Waals surface area contributed by atoms with E-state index in [1.807, 2.05) is 12.1 Å². The molecule has 0 aliphatic carbocycles. The van der Waals surface area contributed by atoms with Gasteiger partial charge in [0, 0.05) is 4.47 Å². The first-order valence-electron chi connectivity index (χ1n) is 7.58. The number of nitrogens with one attached hydrogen (secondary N) is 1. The minimum atomic E-state index is -0.283. The predicted octanol–water partition coefficient (Wildman–Crippen LogP) is 2.49. The summed E-state index contributed by atoms with van der Waals surface area (Å²) in [5.74, 6) is 1.01. The maximum atomic E-state index is 13.0. The smallest absolute Gasteiger partial charge is 0.260 e. The zero-order chi connectivity index (χ0) is 18.5. The second-order valence-electron chi connectivity index (χ2n) is 5.29. The number of halogens is 2. The second-order valence-corrected chi connectivity index (χ2v) is 6.15. The average molecular weight is 423 g/mol. The monoisotopic (exact) mass is 422 g/mol. The van der Waals surface area contributed by atoms with Gasteiger partial charge < -0.3 is 20.6 Å². The average Bonchev–Trinajstić information content (AvgIpc) is 3.05. The Labute approximate surface area is 157 Å². The number of tetrazole rings is 1. The molecule has 0 aliphatic heterocycles. The summed E-state index contributed by atoms with van der Waals surface area (Å²) in [7, 11) is 1.56. The minimum Gasteiger partial charge on any atom is -0.493 e. The summed E-state index contributed by atoms with van der Waals surface area (Å²) in [6, 6.07) is 9.77. The Morgan fingerprint density at radius 3 is 2.65 bits per heavy atom. The molecule has 0 atom stereocenters. The largest absolute Gasteiger partial charge is 0.493 e. The van der Waals surface area contributed by atoms with E-state index in [1.54, 1.807) is 19.2 Å². The van der Waals surface area contributed by atoms with Crippen molar-refractivity contribution in [1.82, 2.24) is 20.3 Å². The van der Waals surface area contributed by atoms with Crippen LogP contribution in [-0.4, -0.2) is 27.4 Å². The Kier molecular flexibility index (Phi) is 5.52. The molecule has 26 heavy (non-hydrogen) atoms. The maximum Gasteiger partial charge on any atom is 0.260 e.